The fourth-order valence-corrected chi connectivity index (χ4v) is 2.15. The average Bonchev–Trinajstić information content (AvgIpc) is 2.71. The zero-order valence-electron chi connectivity index (χ0n) is 7.94. The number of hydrogen-bond acceptors (Lipinski definition) is 3. The van der Waals surface area contributed by atoms with Gasteiger partial charge in [0.1, 0.15) is 5.76 Å². The van der Waals surface area contributed by atoms with Crippen LogP contribution in [0.3, 0.4) is 0 Å². The lowest BCUT2D eigenvalue weighted by Gasteiger charge is -2.13. The number of hydrogen-bond donors (Lipinski definition) is 1. The third-order valence-electron chi connectivity index (χ3n) is 2.83. The van der Waals surface area contributed by atoms with E-state index in [-0.39, 0.29) is 0 Å². The maximum Gasteiger partial charge on any atom is 0.108 e. The van der Waals surface area contributed by atoms with Crippen LogP contribution in [0.1, 0.15) is 11.7 Å². The Hall–Kier alpha value is -0.800. The second kappa shape index (κ2) is 3.52. The summed E-state index contributed by atoms with van der Waals surface area (Å²) in [5, 5.41) is 0. The highest BCUT2D eigenvalue weighted by molar-refractivity contribution is 5.10. The number of nitrogens with zero attached hydrogens (tertiary/aromatic N) is 1. The second-order valence-corrected chi connectivity index (χ2v) is 3.84. The Morgan fingerprint density at radius 3 is 3.08 bits per heavy atom. The minimum atomic E-state index is 0.491. The zero-order chi connectivity index (χ0) is 9.26. The molecular weight excluding hydrogens is 164 g/mol. The molecule has 0 saturated carbocycles. The lowest BCUT2D eigenvalue weighted by atomic mass is 9.94. The lowest BCUT2D eigenvalue weighted by Crippen LogP contribution is -2.21. The quantitative estimate of drug-likeness (QED) is 0.734. The Morgan fingerprint density at radius 1 is 1.62 bits per heavy atom. The van der Waals surface area contributed by atoms with Crippen LogP contribution >= 0.6 is 0 Å². The van der Waals surface area contributed by atoms with Crippen molar-refractivity contribution in [3.05, 3.63) is 24.2 Å². The number of furan rings is 1. The van der Waals surface area contributed by atoms with Crippen LogP contribution in [0.5, 0.6) is 0 Å². The molecule has 1 aromatic heterocycles. The Labute approximate surface area is 78.5 Å². The van der Waals surface area contributed by atoms with Crippen molar-refractivity contribution in [1.29, 1.82) is 0 Å². The first-order valence-corrected chi connectivity index (χ1v) is 4.73. The van der Waals surface area contributed by atoms with Gasteiger partial charge >= 0.3 is 0 Å². The van der Waals surface area contributed by atoms with Gasteiger partial charge in [0.15, 0.2) is 0 Å². The number of likely N-dealkylation sites (tertiary alicyclic amines) is 1. The number of rotatable bonds is 2. The summed E-state index contributed by atoms with van der Waals surface area (Å²) in [5.74, 6) is 2.13. The first-order valence-electron chi connectivity index (χ1n) is 4.73. The fraction of sp³-hybridized carbons (Fsp3) is 0.600. The molecule has 2 heterocycles. The van der Waals surface area contributed by atoms with E-state index in [0.717, 1.165) is 25.4 Å². The molecule has 0 aromatic carbocycles. The SMILES string of the molecule is CN1CC(CN)C(c2ccco2)C1. The van der Waals surface area contributed by atoms with Gasteiger partial charge in [0.2, 0.25) is 0 Å². The maximum atomic E-state index is 5.72. The molecule has 2 unspecified atom stereocenters. The Bertz CT molecular complexity index is 258. The maximum absolute atomic E-state index is 5.72. The summed E-state index contributed by atoms with van der Waals surface area (Å²) >= 11 is 0. The Balaban J connectivity index is 2.14. The molecule has 2 rings (SSSR count). The van der Waals surface area contributed by atoms with Crippen molar-refractivity contribution < 1.29 is 4.42 Å². The summed E-state index contributed by atoms with van der Waals surface area (Å²) in [5.41, 5.74) is 5.72. The van der Waals surface area contributed by atoms with Crippen LogP contribution in [-0.2, 0) is 0 Å². The largest absolute Gasteiger partial charge is 0.469 e. The first-order chi connectivity index (χ1) is 6.31. The van der Waals surface area contributed by atoms with Gasteiger partial charge < -0.3 is 15.1 Å². The predicted octanol–water partition coefficient (Wildman–Crippen LogP) is 0.883. The third kappa shape index (κ3) is 1.62. The molecule has 2 atom stereocenters. The molecule has 1 aliphatic heterocycles. The third-order valence-corrected chi connectivity index (χ3v) is 2.83. The smallest absolute Gasteiger partial charge is 0.108 e. The van der Waals surface area contributed by atoms with Gasteiger partial charge in [0.05, 0.1) is 6.26 Å². The van der Waals surface area contributed by atoms with Crippen molar-refractivity contribution >= 4 is 0 Å². The second-order valence-electron chi connectivity index (χ2n) is 3.84. The molecule has 3 heteroatoms. The summed E-state index contributed by atoms with van der Waals surface area (Å²) in [7, 11) is 2.13. The van der Waals surface area contributed by atoms with Crippen molar-refractivity contribution in [2.75, 3.05) is 26.7 Å². The topological polar surface area (TPSA) is 42.4 Å². The molecule has 1 aromatic rings. The van der Waals surface area contributed by atoms with Gasteiger partial charge in [-0.15, -0.1) is 0 Å². The lowest BCUT2D eigenvalue weighted by molar-refractivity contribution is 0.394. The fourth-order valence-electron chi connectivity index (χ4n) is 2.15. The van der Waals surface area contributed by atoms with Crippen LogP contribution in [-0.4, -0.2) is 31.6 Å². The molecule has 1 fully saturated rings. The molecule has 3 nitrogen and oxygen atoms in total. The average molecular weight is 180 g/mol. The summed E-state index contributed by atoms with van der Waals surface area (Å²) in [4.78, 5) is 2.31. The molecule has 2 N–H and O–H groups in total. The van der Waals surface area contributed by atoms with E-state index < -0.39 is 0 Å². The van der Waals surface area contributed by atoms with Gasteiger partial charge in [0, 0.05) is 19.0 Å². The molecule has 0 bridgehead atoms. The molecule has 0 radical (unpaired) electrons. The van der Waals surface area contributed by atoms with Gasteiger partial charge in [-0.3, -0.25) is 0 Å². The predicted molar refractivity (Wildman–Crippen MR) is 51.5 cm³/mol. The van der Waals surface area contributed by atoms with E-state index in [4.69, 9.17) is 10.2 Å². The zero-order valence-corrected chi connectivity index (χ0v) is 7.94. The van der Waals surface area contributed by atoms with Crippen molar-refractivity contribution in [1.82, 2.24) is 4.90 Å². The number of nitrogens with two attached hydrogens (primary N) is 1. The minimum absolute atomic E-state index is 0.491. The highest BCUT2D eigenvalue weighted by Gasteiger charge is 2.32. The van der Waals surface area contributed by atoms with Crippen molar-refractivity contribution in [2.45, 2.75) is 5.92 Å². The van der Waals surface area contributed by atoms with E-state index in [1.54, 1.807) is 6.26 Å². The van der Waals surface area contributed by atoms with E-state index in [2.05, 4.69) is 11.9 Å². The van der Waals surface area contributed by atoms with Crippen LogP contribution in [0.25, 0.3) is 0 Å². The van der Waals surface area contributed by atoms with E-state index in [9.17, 15) is 0 Å². The van der Waals surface area contributed by atoms with Gasteiger partial charge in [0.25, 0.3) is 0 Å². The molecule has 13 heavy (non-hydrogen) atoms. The van der Waals surface area contributed by atoms with Crippen LogP contribution in [0.2, 0.25) is 0 Å². The molecule has 0 spiro atoms. The monoisotopic (exact) mass is 180 g/mol. The van der Waals surface area contributed by atoms with E-state index >= 15 is 0 Å². The highest BCUT2D eigenvalue weighted by atomic mass is 16.3. The van der Waals surface area contributed by atoms with E-state index in [1.807, 2.05) is 12.1 Å². The van der Waals surface area contributed by atoms with Crippen molar-refractivity contribution in [3.8, 4) is 0 Å². The Morgan fingerprint density at radius 2 is 2.46 bits per heavy atom. The van der Waals surface area contributed by atoms with Crippen LogP contribution in [0.15, 0.2) is 22.8 Å². The summed E-state index contributed by atoms with van der Waals surface area (Å²) in [6.07, 6.45) is 1.74. The number of likely N-dealkylation sites (N-methyl/N-ethyl adjacent to an activating group) is 1. The van der Waals surface area contributed by atoms with Crippen LogP contribution < -0.4 is 5.73 Å². The summed E-state index contributed by atoms with van der Waals surface area (Å²) < 4.78 is 5.42. The van der Waals surface area contributed by atoms with E-state index in [1.165, 1.54) is 0 Å². The standard InChI is InChI=1S/C10H16N2O/c1-12-6-8(5-11)9(7-12)10-3-2-4-13-10/h2-4,8-9H,5-7,11H2,1H3. The van der Waals surface area contributed by atoms with Crippen LogP contribution in [0.4, 0.5) is 0 Å². The van der Waals surface area contributed by atoms with Crippen LogP contribution in [0, 0.1) is 5.92 Å². The highest BCUT2D eigenvalue weighted by Crippen LogP contribution is 2.31. The molecular formula is C10H16N2O. The summed E-state index contributed by atoms with van der Waals surface area (Å²) in [6.45, 7) is 2.90. The van der Waals surface area contributed by atoms with Gasteiger partial charge in [-0.2, -0.15) is 0 Å². The normalized spacial score (nSPS) is 29.7. The molecule has 1 saturated heterocycles. The molecule has 0 aliphatic carbocycles. The van der Waals surface area contributed by atoms with Crippen molar-refractivity contribution in [3.63, 3.8) is 0 Å². The van der Waals surface area contributed by atoms with Gasteiger partial charge in [-0.25, -0.2) is 0 Å². The minimum Gasteiger partial charge on any atom is -0.469 e. The van der Waals surface area contributed by atoms with Crippen molar-refractivity contribution in [2.24, 2.45) is 11.7 Å². The molecule has 1 aliphatic rings. The van der Waals surface area contributed by atoms with E-state index in [0.29, 0.717) is 11.8 Å². The first kappa shape index (κ1) is 8.78. The molecule has 0 amide bonds. The van der Waals surface area contributed by atoms with Gasteiger partial charge in [-0.05, 0) is 31.6 Å². The Kier molecular flexibility index (Phi) is 2.38. The summed E-state index contributed by atoms with van der Waals surface area (Å²) in [6, 6.07) is 3.99. The molecule has 72 valence electrons. The van der Waals surface area contributed by atoms with Gasteiger partial charge in [-0.1, -0.05) is 0 Å².